The molecule has 20 heavy (non-hydrogen) atoms. The van der Waals surface area contributed by atoms with Crippen LogP contribution in [0.3, 0.4) is 0 Å². The molecule has 0 atom stereocenters. The second kappa shape index (κ2) is 5.26. The quantitative estimate of drug-likeness (QED) is 0.863. The highest BCUT2D eigenvalue weighted by Gasteiger charge is 2.21. The van der Waals surface area contributed by atoms with E-state index in [0.29, 0.717) is 0 Å². The molecule has 0 amide bonds. The number of hydrogen-bond acceptors (Lipinski definition) is 5. The Morgan fingerprint density at radius 2 is 2.15 bits per heavy atom. The minimum absolute atomic E-state index is 0.841. The van der Waals surface area contributed by atoms with Crippen LogP contribution in [-0.2, 0) is 4.79 Å². The number of fused-ring (bicyclic) bond motifs is 1. The SMILES string of the molecule is CN1CCN(c2nc3sccn3c2C=CC(=O)O)CC1. The first-order valence-corrected chi connectivity index (χ1v) is 7.33. The maximum absolute atomic E-state index is 10.8. The minimum atomic E-state index is -0.945. The van der Waals surface area contributed by atoms with E-state index in [2.05, 4.69) is 21.8 Å². The number of imidazole rings is 1. The molecule has 106 valence electrons. The smallest absolute Gasteiger partial charge is 0.328 e. The van der Waals surface area contributed by atoms with Crippen molar-refractivity contribution < 1.29 is 9.90 Å². The fourth-order valence-electron chi connectivity index (χ4n) is 2.35. The monoisotopic (exact) mass is 292 g/mol. The van der Waals surface area contributed by atoms with Gasteiger partial charge < -0.3 is 14.9 Å². The first kappa shape index (κ1) is 13.1. The van der Waals surface area contributed by atoms with Gasteiger partial charge in [-0.05, 0) is 13.1 Å². The lowest BCUT2D eigenvalue weighted by Gasteiger charge is -2.32. The van der Waals surface area contributed by atoms with E-state index >= 15 is 0 Å². The van der Waals surface area contributed by atoms with Gasteiger partial charge in [-0.3, -0.25) is 4.40 Å². The highest BCUT2D eigenvalue weighted by atomic mass is 32.1. The molecule has 0 bridgehead atoms. The van der Waals surface area contributed by atoms with Crippen molar-refractivity contribution in [3.63, 3.8) is 0 Å². The van der Waals surface area contributed by atoms with E-state index in [0.717, 1.165) is 42.7 Å². The summed E-state index contributed by atoms with van der Waals surface area (Å²) in [7, 11) is 2.11. The van der Waals surface area contributed by atoms with Crippen LogP contribution in [0.4, 0.5) is 5.82 Å². The Bertz CT molecular complexity index is 652. The fraction of sp³-hybridized carbons (Fsp3) is 0.385. The number of rotatable bonds is 3. The Hall–Kier alpha value is -1.86. The Labute approximate surface area is 120 Å². The van der Waals surface area contributed by atoms with Crippen molar-refractivity contribution in [1.82, 2.24) is 14.3 Å². The van der Waals surface area contributed by atoms with Crippen LogP contribution in [0.15, 0.2) is 17.7 Å². The normalized spacial score (nSPS) is 17.4. The summed E-state index contributed by atoms with van der Waals surface area (Å²) in [5.41, 5.74) is 0.841. The average molecular weight is 292 g/mol. The van der Waals surface area contributed by atoms with Crippen LogP contribution in [0.1, 0.15) is 5.69 Å². The number of nitrogens with zero attached hydrogens (tertiary/aromatic N) is 4. The highest BCUT2D eigenvalue weighted by molar-refractivity contribution is 7.15. The van der Waals surface area contributed by atoms with Crippen molar-refractivity contribution in [2.24, 2.45) is 0 Å². The second-order valence-corrected chi connectivity index (χ2v) is 5.71. The van der Waals surface area contributed by atoms with Gasteiger partial charge in [0, 0.05) is 43.8 Å². The zero-order valence-corrected chi connectivity index (χ0v) is 12.0. The first-order valence-electron chi connectivity index (χ1n) is 6.45. The molecule has 1 saturated heterocycles. The topological polar surface area (TPSA) is 61.1 Å². The van der Waals surface area contributed by atoms with E-state index in [1.165, 1.54) is 6.08 Å². The number of aromatic nitrogens is 2. The molecule has 1 aliphatic heterocycles. The Morgan fingerprint density at radius 1 is 1.40 bits per heavy atom. The molecule has 3 rings (SSSR count). The zero-order valence-electron chi connectivity index (χ0n) is 11.2. The van der Waals surface area contributed by atoms with Crippen LogP contribution < -0.4 is 4.90 Å². The lowest BCUT2D eigenvalue weighted by atomic mass is 10.3. The molecule has 0 spiro atoms. The number of aliphatic carboxylic acids is 1. The largest absolute Gasteiger partial charge is 0.478 e. The van der Waals surface area contributed by atoms with Crippen LogP contribution in [0.5, 0.6) is 0 Å². The lowest BCUT2D eigenvalue weighted by Crippen LogP contribution is -2.44. The van der Waals surface area contributed by atoms with Gasteiger partial charge in [0.05, 0.1) is 5.69 Å². The van der Waals surface area contributed by atoms with Gasteiger partial charge in [0.2, 0.25) is 0 Å². The molecule has 1 fully saturated rings. The van der Waals surface area contributed by atoms with Gasteiger partial charge in [-0.1, -0.05) is 0 Å². The standard InChI is InChI=1S/C13H16N4O2S/c1-15-4-6-16(7-5-15)12-10(2-3-11(18)19)17-8-9-20-13(17)14-12/h2-3,8-9H,4-7H2,1H3,(H,18,19). The van der Waals surface area contributed by atoms with Gasteiger partial charge in [-0.25, -0.2) is 9.78 Å². The van der Waals surface area contributed by atoms with Gasteiger partial charge >= 0.3 is 5.97 Å². The molecule has 0 radical (unpaired) electrons. The van der Waals surface area contributed by atoms with Crippen molar-refractivity contribution in [2.45, 2.75) is 0 Å². The third-order valence-electron chi connectivity index (χ3n) is 3.47. The molecule has 3 heterocycles. The Kier molecular flexibility index (Phi) is 3.45. The molecule has 2 aromatic heterocycles. The van der Waals surface area contributed by atoms with Crippen LogP contribution in [-0.4, -0.2) is 58.6 Å². The van der Waals surface area contributed by atoms with Crippen LogP contribution in [0.25, 0.3) is 11.0 Å². The summed E-state index contributed by atoms with van der Waals surface area (Å²) < 4.78 is 1.94. The van der Waals surface area contributed by atoms with Gasteiger partial charge in [-0.15, -0.1) is 11.3 Å². The summed E-state index contributed by atoms with van der Waals surface area (Å²) in [6, 6.07) is 0. The molecular formula is C13H16N4O2S. The summed E-state index contributed by atoms with van der Waals surface area (Å²) >= 11 is 1.55. The molecule has 6 nitrogen and oxygen atoms in total. The maximum atomic E-state index is 10.8. The number of likely N-dealkylation sites (N-methyl/N-ethyl adjacent to an activating group) is 1. The van der Waals surface area contributed by atoms with Crippen molar-refractivity contribution in [1.29, 1.82) is 0 Å². The van der Waals surface area contributed by atoms with Gasteiger partial charge in [0.1, 0.15) is 0 Å². The third-order valence-corrected chi connectivity index (χ3v) is 4.22. The number of thiazole rings is 1. The molecular weight excluding hydrogens is 276 g/mol. The Morgan fingerprint density at radius 3 is 2.85 bits per heavy atom. The molecule has 0 aromatic carbocycles. The number of carbonyl (C=O) groups is 1. The molecule has 1 N–H and O–H groups in total. The summed E-state index contributed by atoms with van der Waals surface area (Å²) in [5, 5.41) is 10.8. The molecule has 0 saturated carbocycles. The van der Waals surface area contributed by atoms with Crippen molar-refractivity contribution in [2.75, 3.05) is 38.1 Å². The molecule has 0 aliphatic carbocycles. The first-order chi connectivity index (χ1) is 9.65. The number of carboxylic acids is 1. The molecule has 7 heteroatoms. The van der Waals surface area contributed by atoms with Gasteiger partial charge in [0.15, 0.2) is 10.8 Å². The van der Waals surface area contributed by atoms with Crippen LogP contribution >= 0.6 is 11.3 Å². The van der Waals surface area contributed by atoms with Crippen molar-refractivity contribution >= 4 is 34.2 Å². The fourth-order valence-corrected chi connectivity index (χ4v) is 3.06. The van der Waals surface area contributed by atoms with Gasteiger partial charge in [-0.2, -0.15) is 0 Å². The molecule has 2 aromatic rings. The van der Waals surface area contributed by atoms with Crippen molar-refractivity contribution in [3.05, 3.63) is 23.3 Å². The lowest BCUT2D eigenvalue weighted by molar-refractivity contribution is -0.131. The maximum Gasteiger partial charge on any atom is 0.328 e. The van der Waals surface area contributed by atoms with Gasteiger partial charge in [0.25, 0.3) is 0 Å². The second-order valence-electron chi connectivity index (χ2n) is 4.84. The number of hydrogen-bond donors (Lipinski definition) is 1. The summed E-state index contributed by atoms with van der Waals surface area (Å²) in [6.07, 6.45) is 4.72. The van der Waals surface area contributed by atoms with E-state index in [9.17, 15) is 4.79 Å². The number of carboxylic acid groups (broad SMARTS) is 1. The van der Waals surface area contributed by atoms with E-state index in [1.54, 1.807) is 17.4 Å². The Balaban J connectivity index is 1.98. The highest BCUT2D eigenvalue weighted by Crippen LogP contribution is 2.26. The number of piperazine rings is 1. The summed E-state index contributed by atoms with van der Waals surface area (Å²) in [5.74, 6) is -0.0676. The van der Waals surface area contributed by atoms with Crippen molar-refractivity contribution in [3.8, 4) is 0 Å². The average Bonchev–Trinajstić information content (AvgIpc) is 2.98. The predicted octanol–water partition coefficient (Wildman–Crippen LogP) is 1.25. The zero-order chi connectivity index (χ0) is 14.1. The van der Waals surface area contributed by atoms with E-state index in [-0.39, 0.29) is 0 Å². The number of anilines is 1. The van der Waals surface area contributed by atoms with E-state index in [1.807, 2.05) is 16.0 Å². The van der Waals surface area contributed by atoms with Crippen LogP contribution in [0.2, 0.25) is 0 Å². The summed E-state index contributed by atoms with van der Waals surface area (Å²) in [4.78, 5) is 20.8. The minimum Gasteiger partial charge on any atom is -0.478 e. The molecule has 1 aliphatic rings. The van der Waals surface area contributed by atoms with E-state index in [4.69, 9.17) is 5.11 Å². The third kappa shape index (κ3) is 2.41. The predicted molar refractivity (Wildman–Crippen MR) is 79.4 cm³/mol. The van der Waals surface area contributed by atoms with E-state index < -0.39 is 5.97 Å². The van der Waals surface area contributed by atoms with Crippen LogP contribution in [0, 0.1) is 0 Å². The molecule has 0 unspecified atom stereocenters. The summed E-state index contributed by atoms with van der Waals surface area (Å²) in [6.45, 7) is 3.81.